The van der Waals surface area contributed by atoms with Crippen LogP contribution in [-0.2, 0) is 16.1 Å². The largest absolute Gasteiger partial charge is 0.473 e. The van der Waals surface area contributed by atoms with E-state index in [4.69, 9.17) is 19.8 Å². The molecule has 3 aliphatic rings. The molecule has 1 aliphatic heterocycles. The molecule has 2 aliphatic carbocycles. The predicted octanol–water partition coefficient (Wildman–Crippen LogP) is 2.06. The first kappa shape index (κ1) is 21.2. The molecule has 0 aromatic heterocycles. The highest BCUT2D eigenvalue weighted by Gasteiger charge is 2.42. The summed E-state index contributed by atoms with van der Waals surface area (Å²) in [7, 11) is 0. The van der Waals surface area contributed by atoms with Gasteiger partial charge in [0.15, 0.2) is 0 Å². The fraction of sp³-hybridized carbons (Fsp3) is 0.600. The van der Waals surface area contributed by atoms with Crippen molar-refractivity contribution >= 4 is 17.6 Å². The first-order valence-electron chi connectivity index (χ1n) is 10.00. The Morgan fingerprint density at radius 2 is 1.69 bits per heavy atom. The highest BCUT2D eigenvalue weighted by molar-refractivity contribution is 6.27. The molecule has 1 aromatic carbocycles. The number of carbonyl (C=O) groups is 2. The molecule has 2 N–H and O–H groups in total. The van der Waals surface area contributed by atoms with Crippen molar-refractivity contribution in [3.63, 3.8) is 0 Å². The highest BCUT2D eigenvalue weighted by atomic mass is 16.6. The predicted molar refractivity (Wildman–Crippen MR) is 104 cm³/mol. The third-order valence-electron chi connectivity index (χ3n) is 6.34. The van der Waals surface area contributed by atoms with E-state index in [2.05, 4.69) is 9.80 Å². The van der Waals surface area contributed by atoms with Crippen molar-refractivity contribution in [2.75, 3.05) is 26.2 Å². The number of hydrogen-bond acceptors (Lipinski definition) is 6. The second-order valence-electron chi connectivity index (χ2n) is 8.05. The number of hydrogen-bond donors (Lipinski definition) is 2. The fourth-order valence-electron chi connectivity index (χ4n) is 4.98. The van der Waals surface area contributed by atoms with Crippen LogP contribution in [0.25, 0.3) is 0 Å². The minimum atomic E-state index is -1.82. The first-order valence-corrected chi connectivity index (χ1v) is 10.00. The van der Waals surface area contributed by atoms with E-state index < -0.39 is 11.9 Å². The molecule has 2 bridgehead atoms. The quantitative estimate of drug-likeness (QED) is 0.443. The Morgan fingerprint density at radius 3 is 2.21 bits per heavy atom. The molecule has 3 atom stereocenters. The summed E-state index contributed by atoms with van der Waals surface area (Å²) in [6.07, 6.45) is 5.76. The standard InChI is InChI=1S/C18H25N3O2.C2H2O4/c22-21(23)17-4-2-1-3-16(17)13-19-7-9-20(10-8-19)18-12-14-5-6-15(18)11-14;3-1(4)2(5)6/h1-4,14-15,18H,5-13H2;(H,3,4)(H,5,6). The molecule has 1 aromatic rings. The molecule has 9 heteroatoms. The Morgan fingerprint density at radius 1 is 1.03 bits per heavy atom. The van der Waals surface area contributed by atoms with E-state index in [1.165, 1.54) is 25.7 Å². The lowest BCUT2D eigenvalue weighted by molar-refractivity contribution is -0.385. The monoisotopic (exact) mass is 405 g/mol. The number of carboxylic acids is 2. The molecule has 0 spiro atoms. The number of carboxylic acid groups (broad SMARTS) is 2. The number of nitro benzene ring substituents is 1. The van der Waals surface area contributed by atoms with Crippen molar-refractivity contribution in [2.45, 2.75) is 38.3 Å². The van der Waals surface area contributed by atoms with Gasteiger partial charge < -0.3 is 10.2 Å². The molecular weight excluding hydrogens is 378 g/mol. The first-order chi connectivity index (χ1) is 13.8. The van der Waals surface area contributed by atoms with E-state index in [1.54, 1.807) is 12.1 Å². The number of piperazine rings is 1. The normalized spacial score (nSPS) is 26.6. The van der Waals surface area contributed by atoms with Crippen LogP contribution >= 0.6 is 0 Å². The second kappa shape index (κ2) is 9.32. The molecule has 158 valence electrons. The summed E-state index contributed by atoms with van der Waals surface area (Å²) in [6.45, 7) is 4.99. The maximum absolute atomic E-state index is 11.1. The third-order valence-corrected chi connectivity index (χ3v) is 6.34. The molecule has 0 radical (unpaired) electrons. The summed E-state index contributed by atoms with van der Waals surface area (Å²) < 4.78 is 0. The van der Waals surface area contributed by atoms with Gasteiger partial charge in [0.05, 0.1) is 4.92 Å². The smallest absolute Gasteiger partial charge is 0.414 e. The molecule has 9 nitrogen and oxygen atoms in total. The lowest BCUT2D eigenvalue weighted by Gasteiger charge is -2.41. The maximum Gasteiger partial charge on any atom is 0.414 e. The van der Waals surface area contributed by atoms with Crippen molar-refractivity contribution in [3.05, 3.63) is 39.9 Å². The van der Waals surface area contributed by atoms with E-state index >= 15 is 0 Å². The van der Waals surface area contributed by atoms with E-state index in [-0.39, 0.29) is 10.6 Å². The van der Waals surface area contributed by atoms with Gasteiger partial charge in [0, 0.05) is 50.4 Å². The molecule has 3 unspecified atom stereocenters. The fourth-order valence-corrected chi connectivity index (χ4v) is 4.98. The van der Waals surface area contributed by atoms with Crippen LogP contribution in [0.5, 0.6) is 0 Å². The Kier molecular flexibility index (Phi) is 6.81. The number of nitrogens with zero attached hydrogens (tertiary/aromatic N) is 3. The van der Waals surface area contributed by atoms with Crippen LogP contribution in [0.4, 0.5) is 5.69 Å². The SMILES string of the molecule is O=C(O)C(=O)O.O=[N+]([O-])c1ccccc1CN1CCN(C2CC3CCC2C3)CC1. The van der Waals surface area contributed by atoms with Crippen molar-refractivity contribution in [1.82, 2.24) is 9.80 Å². The summed E-state index contributed by atoms with van der Waals surface area (Å²) in [4.78, 5) is 34.1. The number of nitro groups is 1. The van der Waals surface area contributed by atoms with Crippen molar-refractivity contribution < 1.29 is 24.7 Å². The number of para-hydroxylation sites is 1. The lowest BCUT2D eigenvalue weighted by atomic mass is 9.93. The minimum Gasteiger partial charge on any atom is -0.473 e. The van der Waals surface area contributed by atoms with Gasteiger partial charge >= 0.3 is 11.9 Å². The summed E-state index contributed by atoms with van der Waals surface area (Å²) in [6, 6.07) is 7.96. The molecule has 3 fully saturated rings. The van der Waals surface area contributed by atoms with Gasteiger partial charge in [-0.15, -0.1) is 0 Å². The van der Waals surface area contributed by atoms with Gasteiger partial charge in [0.1, 0.15) is 0 Å². The molecule has 4 rings (SSSR count). The molecule has 1 saturated heterocycles. The van der Waals surface area contributed by atoms with Gasteiger partial charge in [-0.05, 0) is 31.1 Å². The zero-order valence-electron chi connectivity index (χ0n) is 16.3. The Labute approximate surface area is 169 Å². The number of rotatable bonds is 4. The van der Waals surface area contributed by atoms with Gasteiger partial charge in [0.2, 0.25) is 0 Å². The third kappa shape index (κ3) is 5.30. The summed E-state index contributed by atoms with van der Waals surface area (Å²) in [5.41, 5.74) is 1.09. The number of benzene rings is 1. The summed E-state index contributed by atoms with van der Waals surface area (Å²) in [5.74, 6) is -1.71. The molecule has 1 heterocycles. The van der Waals surface area contributed by atoms with E-state index in [1.807, 2.05) is 12.1 Å². The zero-order valence-corrected chi connectivity index (χ0v) is 16.3. The van der Waals surface area contributed by atoms with Crippen LogP contribution in [0, 0.1) is 22.0 Å². The van der Waals surface area contributed by atoms with Gasteiger partial charge in [-0.25, -0.2) is 9.59 Å². The second-order valence-corrected chi connectivity index (χ2v) is 8.05. The highest BCUT2D eigenvalue weighted by Crippen LogP contribution is 2.46. The van der Waals surface area contributed by atoms with Crippen LogP contribution in [0.1, 0.15) is 31.2 Å². The van der Waals surface area contributed by atoms with Gasteiger partial charge in [-0.3, -0.25) is 19.9 Å². The average Bonchev–Trinajstić information content (AvgIpc) is 3.33. The zero-order chi connectivity index (χ0) is 21.0. The Balaban J connectivity index is 0.000000353. The van der Waals surface area contributed by atoms with Crippen LogP contribution in [0.15, 0.2) is 24.3 Å². The molecule has 2 saturated carbocycles. The topological polar surface area (TPSA) is 124 Å². The van der Waals surface area contributed by atoms with Crippen LogP contribution in [0.3, 0.4) is 0 Å². The summed E-state index contributed by atoms with van der Waals surface area (Å²) >= 11 is 0. The van der Waals surface area contributed by atoms with Crippen molar-refractivity contribution in [1.29, 1.82) is 0 Å². The van der Waals surface area contributed by atoms with Gasteiger partial charge in [-0.2, -0.15) is 0 Å². The minimum absolute atomic E-state index is 0.253. The van der Waals surface area contributed by atoms with Crippen molar-refractivity contribution in [3.8, 4) is 0 Å². The molecule has 29 heavy (non-hydrogen) atoms. The number of fused-ring (bicyclic) bond motifs is 2. The molecular formula is C20H27N3O6. The van der Waals surface area contributed by atoms with Gasteiger partial charge in [0.25, 0.3) is 5.69 Å². The van der Waals surface area contributed by atoms with Gasteiger partial charge in [-0.1, -0.05) is 24.6 Å². The summed E-state index contributed by atoms with van der Waals surface area (Å²) in [5, 5.41) is 25.9. The van der Waals surface area contributed by atoms with Crippen LogP contribution < -0.4 is 0 Å². The number of aliphatic carboxylic acids is 2. The van der Waals surface area contributed by atoms with Crippen molar-refractivity contribution in [2.24, 2.45) is 11.8 Å². The Bertz CT molecular complexity index is 750. The Hall–Kier alpha value is -2.52. The molecule has 0 amide bonds. The van der Waals surface area contributed by atoms with E-state index in [0.717, 1.165) is 49.6 Å². The average molecular weight is 405 g/mol. The van der Waals surface area contributed by atoms with Crippen LogP contribution in [0.2, 0.25) is 0 Å². The van der Waals surface area contributed by atoms with E-state index in [0.29, 0.717) is 6.54 Å². The van der Waals surface area contributed by atoms with E-state index in [9.17, 15) is 10.1 Å². The van der Waals surface area contributed by atoms with Crippen LogP contribution in [-0.4, -0.2) is 69.1 Å². The maximum atomic E-state index is 11.1. The lowest BCUT2D eigenvalue weighted by Crippen LogP contribution is -2.51.